The molecule has 1 aliphatic heterocycles. The molecular formula is C18H28ClN3O2. The van der Waals surface area contributed by atoms with E-state index in [1.807, 2.05) is 25.1 Å². The summed E-state index contributed by atoms with van der Waals surface area (Å²) in [5.74, 6) is -0.123. The molecule has 1 aliphatic rings. The summed E-state index contributed by atoms with van der Waals surface area (Å²) in [5, 5.41) is 6.22. The van der Waals surface area contributed by atoms with Crippen LogP contribution in [0, 0.1) is 0 Å². The van der Waals surface area contributed by atoms with Gasteiger partial charge in [0.25, 0.3) is 5.91 Å². The van der Waals surface area contributed by atoms with Gasteiger partial charge in [-0.15, -0.1) is 12.4 Å². The summed E-state index contributed by atoms with van der Waals surface area (Å²) in [7, 11) is 0. The highest BCUT2D eigenvalue weighted by Crippen LogP contribution is 2.30. The number of carbonyl (C=O) groups is 2. The van der Waals surface area contributed by atoms with Crippen LogP contribution >= 0.6 is 12.4 Å². The molecule has 1 atom stereocenters. The van der Waals surface area contributed by atoms with Gasteiger partial charge in [0.15, 0.2) is 0 Å². The average molecular weight is 354 g/mol. The van der Waals surface area contributed by atoms with Gasteiger partial charge in [0.1, 0.15) is 5.54 Å². The molecule has 1 fully saturated rings. The van der Waals surface area contributed by atoms with E-state index in [9.17, 15) is 9.59 Å². The lowest BCUT2D eigenvalue weighted by molar-refractivity contribution is -0.129. The van der Waals surface area contributed by atoms with Gasteiger partial charge in [-0.2, -0.15) is 0 Å². The van der Waals surface area contributed by atoms with Crippen molar-refractivity contribution < 1.29 is 9.59 Å². The lowest BCUT2D eigenvalue weighted by Crippen LogP contribution is -2.56. The molecule has 1 aromatic carbocycles. The van der Waals surface area contributed by atoms with Gasteiger partial charge in [-0.25, -0.2) is 0 Å². The summed E-state index contributed by atoms with van der Waals surface area (Å²) in [6, 6.07) is 9.18. The van der Waals surface area contributed by atoms with E-state index >= 15 is 0 Å². The molecule has 1 saturated heterocycles. The van der Waals surface area contributed by atoms with Gasteiger partial charge >= 0.3 is 0 Å². The molecule has 24 heavy (non-hydrogen) atoms. The first-order valence-corrected chi connectivity index (χ1v) is 8.45. The van der Waals surface area contributed by atoms with E-state index in [1.54, 1.807) is 17.0 Å². The number of rotatable bonds is 7. The van der Waals surface area contributed by atoms with E-state index in [0.717, 1.165) is 25.9 Å². The number of benzene rings is 1. The van der Waals surface area contributed by atoms with E-state index in [0.29, 0.717) is 25.1 Å². The Labute approximate surface area is 150 Å². The molecule has 0 spiro atoms. The zero-order valence-electron chi connectivity index (χ0n) is 14.5. The Morgan fingerprint density at radius 2 is 1.88 bits per heavy atom. The van der Waals surface area contributed by atoms with E-state index < -0.39 is 5.54 Å². The molecule has 6 heteroatoms. The van der Waals surface area contributed by atoms with Crippen molar-refractivity contribution in [3.05, 3.63) is 35.9 Å². The summed E-state index contributed by atoms with van der Waals surface area (Å²) >= 11 is 0. The molecule has 0 radical (unpaired) electrons. The van der Waals surface area contributed by atoms with E-state index in [-0.39, 0.29) is 24.2 Å². The lowest BCUT2D eigenvalue weighted by Gasteiger charge is -2.34. The van der Waals surface area contributed by atoms with Crippen molar-refractivity contribution in [2.45, 2.75) is 38.6 Å². The summed E-state index contributed by atoms with van der Waals surface area (Å²) < 4.78 is 0. The molecule has 1 heterocycles. The molecule has 2 N–H and O–H groups in total. The summed E-state index contributed by atoms with van der Waals surface area (Å²) in [5.41, 5.74) is -0.115. The Bertz CT molecular complexity index is 538. The Morgan fingerprint density at radius 1 is 1.17 bits per heavy atom. The Balaban J connectivity index is 0.00000288. The average Bonchev–Trinajstić information content (AvgIpc) is 2.97. The molecule has 134 valence electrons. The minimum Gasteiger partial charge on any atom is -0.353 e. The van der Waals surface area contributed by atoms with E-state index in [2.05, 4.69) is 17.6 Å². The first-order valence-electron chi connectivity index (χ1n) is 8.45. The second kappa shape index (κ2) is 9.64. The SMILES string of the molecule is CCCNCCNC(=O)C1(C)CCCN1C(=O)c1ccccc1.Cl. The van der Waals surface area contributed by atoms with Gasteiger partial charge in [0.2, 0.25) is 5.91 Å². The number of carbonyl (C=O) groups excluding carboxylic acids is 2. The largest absolute Gasteiger partial charge is 0.353 e. The Morgan fingerprint density at radius 3 is 2.54 bits per heavy atom. The maximum Gasteiger partial charge on any atom is 0.254 e. The Hall–Kier alpha value is -1.59. The molecule has 0 saturated carbocycles. The fraction of sp³-hybridized carbons (Fsp3) is 0.556. The minimum absolute atomic E-state index is 0. The van der Waals surface area contributed by atoms with Gasteiger partial charge < -0.3 is 15.5 Å². The van der Waals surface area contributed by atoms with Crippen LogP contribution in [0.2, 0.25) is 0 Å². The molecule has 2 rings (SSSR count). The molecule has 2 amide bonds. The molecule has 1 aromatic rings. The number of amides is 2. The van der Waals surface area contributed by atoms with Crippen molar-refractivity contribution in [3.8, 4) is 0 Å². The van der Waals surface area contributed by atoms with Crippen molar-refractivity contribution in [1.29, 1.82) is 0 Å². The van der Waals surface area contributed by atoms with Crippen LogP contribution in [0.3, 0.4) is 0 Å². The van der Waals surface area contributed by atoms with E-state index in [4.69, 9.17) is 0 Å². The fourth-order valence-corrected chi connectivity index (χ4v) is 3.02. The number of hydrogen-bond acceptors (Lipinski definition) is 3. The smallest absolute Gasteiger partial charge is 0.254 e. The normalized spacial score (nSPS) is 19.7. The van der Waals surface area contributed by atoms with Crippen LogP contribution in [-0.4, -0.2) is 48.4 Å². The number of nitrogens with one attached hydrogen (secondary N) is 2. The molecule has 0 bridgehead atoms. The van der Waals surface area contributed by atoms with E-state index in [1.165, 1.54) is 0 Å². The summed E-state index contributed by atoms with van der Waals surface area (Å²) in [6.07, 6.45) is 2.64. The van der Waals surface area contributed by atoms with Crippen molar-refractivity contribution in [2.75, 3.05) is 26.2 Å². The quantitative estimate of drug-likeness (QED) is 0.739. The molecule has 0 aromatic heterocycles. The maximum atomic E-state index is 12.7. The second-order valence-electron chi connectivity index (χ2n) is 6.21. The minimum atomic E-state index is -0.752. The first-order chi connectivity index (χ1) is 11.1. The second-order valence-corrected chi connectivity index (χ2v) is 6.21. The third kappa shape index (κ3) is 4.71. The maximum absolute atomic E-state index is 12.7. The number of halogens is 1. The zero-order valence-corrected chi connectivity index (χ0v) is 15.3. The van der Waals surface area contributed by atoms with Gasteiger partial charge in [-0.1, -0.05) is 25.1 Å². The third-order valence-corrected chi connectivity index (χ3v) is 4.41. The molecular weight excluding hydrogens is 326 g/mol. The predicted octanol–water partition coefficient (Wildman–Crippen LogP) is 2.22. The van der Waals surface area contributed by atoms with Crippen molar-refractivity contribution in [2.24, 2.45) is 0 Å². The Kier molecular flexibility index (Phi) is 8.22. The lowest BCUT2D eigenvalue weighted by atomic mass is 9.97. The standard InChI is InChI=1S/C18H27N3O2.ClH/c1-3-11-19-12-13-20-17(23)18(2)10-7-14-21(18)16(22)15-8-5-4-6-9-15;/h4-6,8-9,19H,3,7,10-14H2,1-2H3,(H,20,23);1H. The first kappa shape index (κ1) is 20.5. The van der Waals surface area contributed by atoms with Crippen LogP contribution in [0.5, 0.6) is 0 Å². The van der Waals surface area contributed by atoms with Gasteiger partial charge in [-0.3, -0.25) is 9.59 Å². The highest BCUT2D eigenvalue weighted by Gasteiger charge is 2.45. The topological polar surface area (TPSA) is 61.4 Å². The van der Waals surface area contributed by atoms with Crippen LogP contribution in [-0.2, 0) is 4.79 Å². The van der Waals surface area contributed by atoms with Gasteiger partial charge in [-0.05, 0) is 44.9 Å². The number of hydrogen-bond donors (Lipinski definition) is 2. The molecule has 1 unspecified atom stereocenters. The fourth-order valence-electron chi connectivity index (χ4n) is 3.02. The predicted molar refractivity (Wildman–Crippen MR) is 98.5 cm³/mol. The highest BCUT2D eigenvalue weighted by atomic mass is 35.5. The van der Waals surface area contributed by atoms with Gasteiger partial charge in [0, 0.05) is 25.2 Å². The number of likely N-dealkylation sites (tertiary alicyclic amines) is 1. The van der Waals surface area contributed by atoms with Gasteiger partial charge in [0.05, 0.1) is 0 Å². The van der Waals surface area contributed by atoms with Crippen LogP contribution in [0.4, 0.5) is 0 Å². The number of nitrogens with zero attached hydrogens (tertiary/aromatic N) is 1. The van der Waals surface area contributed by atoms with Crippen LogP contribution in [0.25, 0.3) is 0 Å². The van der Waals surface area contributed by atoms with Crippen LogP contribution in [0.1, 0.15) is 43.5 Å². The summed E-state index contributed by atoms with van der Waals surface area (Å²) in [6.45, 7) is 6.90. The molecule has 5 nitrogen and oxygen atoms in total. The zero-order chi connectivity index (χ0) is 16.7. The van der Waals surface area contributed by atoms with Crippen molar-refractivity contribution in [1.82, 2.24) is 15.5 Å². The van der Waals surface area contributed by atoms with Crippen molar-refractivity contribution >= 4 is 24.2 Å². The molecule has 0 aliphatic carbocycles. The third-order valence-electron chi connectivity index (χ3n) is 4.41. The highest BCUT2D eigenvalue weighted by molar-refractivity contribution is 5.99. The van der Waals surface area contributed by atoms with Crippen LogP contribution < -0.4 is 10.6 Å². The van der Waals surface area contributed by atoms with Crippen molar-refractivity contribution in [3.63, 3.8) is 0 Å². The summed E-state index contributed by atoms with van der Waals surface area (Å²) in [4.78, 5) is 27.0. The monoisotopic (exact) mass is 353 g/mol. The van der Waals surface area contributed by atoms with Crippen LogP contribution in [0.15, 0.2) is 30.3 Å².